The molecule has 0 spiro atoms. The van der Waals surface area contributed by atoms with E-state index in [9.17, 15) is 4.79 Å². The lowest BCUT2D eigenvalue weighted by Gasteiger charge is -2.08. The van der Waals surface area contributed by atoms with E-state index >= 15 is 0 Å². The average Bonchev–Trinajstić information content (AvgIpc) is 2.79. The second kappa shape index (κ2) is 6.01. The highest BCUT2D eigenvalue weighted by Crippen LogP contribution is 2.28. The Morgan fingerprint density at radius 2 is 2.18 bits per heavy atom. The van der Waals surface area contributed by atoms with Gasteiger partial charge in [0, 0.05) is 6.42 Å². The predicted molar refractivity (Wildman–Crippen MR) is 69.1 cm³/mol. The fourth-order valence-corrected chi connectivity index (χ4v) is 2.48. The minimum Gasteiger partial charge on any atom is -0.311 e. The van der Waals surface area contributed by atoms with Crippen molar-refractivity contribution in [1.29, 1.82) is 0 Å². The van der Waals surface area contributed by atoms with Crippen molar-refractivity contribution in [1.82, 2.24) is 4.98 Å². The number of anilines is 1. The van der Waals surface area contributed by atoms with Crippen molar-refractivity contribution >= 4 is 23.3 Å². The van der Waals surface area contributed by atoms with Crippen LogP contribution in [0.25, 0.3) is 0 Å². The number of carbonyl (C=O) groups is 1. The van der Waals surface area contributed by atoms with Crippen molar-refractivity contribution in [3.05, 3.63) is 23.4 Å². The Hall–Kier alpha value is -1.09. The van der Waals surface area contributed by atoms with Gasteiger partial charge >= 0.3 is 0 Å². The third-order valence-corrected chi connectivity index (χ3v) is 3.45. The van der Waals surface area contributed by atoms with Gasteiger partial charge < -0.3 is 5.32 Å². The van der Waals surface area contributed by atoms with Gasteiger partial charge in [-0.05, 0) is 24.5 Å². The SMILES string of the molecule is O=C(CCC1CCCC1)Nc1cccc(Cl)n1. The largest absolute Gasteiger partial charge is 0.311 e. The van der Waals surface area contributed by atoms with Crippen LogP contribution in [0.4, 0.5) is 5.82 Å². The van der Waals surface area contributed by atoms with Crippen LogP contribution in [0, 0.1) is 5.92 Å². The highest BCUT2D eigenvalue weighted by atomic mass is 35.5. The number of amides is 1. The minimum atomic E-state index is 0.0340. The third-order valence-electron chi connectivity index (χ3n) is 3.24. The summed E-state index contributed by atoms with van der Waals surface area (Å²) in [6.45, 7) is 0. The quantitative estimate of drug-likeness (QED) is 0.832. The summed E-state index contributed by atoms with van der Waals surface area (Å²) in [5, 5.41) is 3.17. The van der Waals surface area contributed by atoms with Crippen molar-refractivity contribution in [2.75, 3.05) is 5.32 Å². The van der Waals surface area contributed by atoms with Gasteiger partial charge in [0.15, 0.2) is 0 Å². The minimum absolute atomic E-state index is 0.0340. The van der Waals surface area contributed by atoms with E-state index in [1.165, 1.54) is 25.7 Å². The van der Waals surface area contributed by atoms with Crippen LogP contribution in [-0.2, 0) is 4.79 Å². The van der Waals surface area contributed by atoms with E-state index in [0.717, 1.165) is 12.3 Å². The van der Waals surface area contributed by atoms with Crippen LogP contribution in [0.5, 0.6) is 0 Å². The molecule has 3 nitrogen and oxygen atoms in total. The van der Waals surface area contributed by atoms with Gasteiger partial charge in [0.2, 0.25) is 5.91 Å². The molecule has 1 N–H and O–H groups in total. The molecule has 0 aliphatic heterocycles. The summed E-state index contributed by atoms with van der Waals surface area (Å²) in [4.78, 5) is 15.7. The van der Waals surface area contributed by atoms with Crippen molar-refractivity contribution < 1.29 is 4.79 Å². The standard InChI is InChI=1S/C13H17ClN2O/c14-11-6-3-7-12(15-11)16-13(17)9-8-10-4-1-2-5-10/h3,6-7,10H,1-2,4-5,8-9H2,(H,15,16,17). The molecule has 1 aliphatic carbocycles. The lowest BCUT2D eigenvalue weighted by atomic mass is 10.0. The number of aromatic nitrogens is 1. The maximum absolute atomic E-state index is 11.7. The number of pyridine rings is 1. The van der Waals surface area contributed by atoms with Gasteiger partial charge in [-0.3, -0.25) is 4.79 Å². The maximum atomic E-state index is 11.7. The summed E-state index contributed by atoms with van der Waals surface area (Å²) in [7, 11) is 0. The molecule has 1 heterocycles. The molecule has 17 heavy (non-hydrogen) atoms. The number of halogens is 1. The van der Waals surface area contributed by atoms with E-state index in [-0.39, 0.29) is 5.91 Å². The summed E-state index contributed by atoms with van der Waals surface area (Å²) in [6.07, 6.45) is 6.78. The second-order valence-corrected chi connectivity index (χ2v) is 4.97. The maximum Gasteiger partial charge on any atom is 0.225 e. The first-order valence-corrected chi connectivity index (χ1v) is 6.54. The average molecular weight is 253 g/mol. The first-order chi connectivity index (χ1) is 8.24. The van der Waals surface area contributed by atoms with E-state index in [0.29, 0.717) is 17.4 Å². The molecule has 0 unspecified atom stereocenters. The molecule has 1 aliphatic rings. The van der Waals surface area contributed by atoms with E-state index < -0.39 is 0 Å². The molecule has 0 saturated heterocycles. The Morgan fingerprint density at radius 1 is 1.41 bits per heavy atom. The van der Waals surface area contributed by atoms with Gasteiger partial charge in [0.25, 0.3) is 0 Å². The molecule has 2 rings (SSSR count). The zero-order valence-corrected chi connectivity index (χ0v) is 10.5. The molecule has 0 radical (unpaired) electrons. The molecular weight excluding hydrogens is 236 g/mol. The van der Waals surface area contributed by atoms with Crippen molar-refractivity contribution in [2.24, 2.45) is 5.92 Å². The molecular formula is C13H17ClN2O. The monoisotopic (exact) mass is 252 g/mol. The summed E-state index contributed by atoms with van der Waals surface area (Å²) in [5.74, 6) is 1.31. The summed E-state index contributed by atoms with van der Waals surface area (Å²) >= 11 is 5.75. The van der Waals surface area contributed by atoms with Crippen LogP contribution in [0.2, 0.25) is 5.15 Å². The van der Waals surface area contributed by atoms with E-state index in [1.807, 2.05) is 0 Å². The van der Waals surface area contributed by atoms with Crippen molar-refractivity contribution in [3.63, 3.8) is 0 Å². The number of carbonyl (C=O) groups excluding carboxylic acids is 1. The molecule has 0 atom stereocenters. The van der Waals surface area contributed by atoms with Crippen molar-refractivity contribution in [2.45, 2.75) is 38.5 Å². The van der Waals surface area contributed by atoms with E-state index in [2.05, 4.69) is 10.3 Å². The Labute approximate surface area is 107 Å². The van der Waals surface area contributed by atoms with Crippen LogP contribution >= 0.6 is 11.6 Å². The number of nitrogens with zero attached hydrogens (tertiary/aromatic N) is 1. The molecule has 0 bridgehead atoms. The van der Waals surface area contributed by atoms with Gasteiger partial charge in [0.1, 0.15) is 11.0 Å². The van der Waals surface area contributed by atoms with E-state index in [1.54, 1.807) is 18.2 Å². The smallest absolute Gasteiger partial charge is 0.225 e. The van der Waals surface area contributed by atoms with E-state index in [4.69, 9.17) is 11.6 Å². The van der Waals surface area contributed by atoms with Gasteiger partial charge in [-0.15, -0.1) is 0 Å². The summed E-state index contributed by atoms with van der Waals surface area (Å²) in [5.41, 5.74) is 0. The fraction of sp³-hybridized carbons (Fsp3) is 0.538. The number of rotatable bonds is 4. The molecule has 4 heteroatoms. The molecule has 0 aromatic carbocycles. The first kappa shape index (κ1) is 12.4. The second-order valence-electron chi connectivity index (χ2n) is 4.58. The van der Waals surface area contributed by atoms with Crippen LogP contribution in [0.1, 0.15) is 38.5 Å². The summed E-state index contributed by atoms with van der Waals surface area (Å²) < 4.78 is 0. The third kappa shape index (κ3) is 4.00. The molecule has 1 aromatic heterocycles. The highest BCUT2D eigenvalue weighted by molar-refractivity contribution is 6.29. The number of hydrogen-bond donors (Lipinski definition) is 1. The Balaban J connectivity index is 1.76. The van der Waals surface area contributed by atoms with Crippen LogP contribution in [0.3, 0.4) is 0 Å². The highest BCUT2D eigenvalue weighted by Gasteiger charge is 2.16. The molecule has 1 amide bonds. The first-order valence-electron chi connectivity index (χ1n) is 6.16. The van der Waals surface area contributed by atoms with Gasteiger partial charge in [0.05, 0.1) is 0 Å². The number of nitrogens with one attached hydrogen (secondary N) is 1. The lowest BCUT2D eigenvalue weighted by Crippen LogP contribution is -2.13. The Bertz CT molecular complexity index is 389. The molecule has 1 fully saturated rings. The van der Waals surface area contributed by atoms with Crippen molar-refractivity contribution in [3.8, 4) is 0 Å². The van der Waals surface area contributed by atoms with Gasteiger partial charge in [-0.1, -0.05) is 43.4 Å². The van der Waals surface area contributed by atoms with Crippen LogP contribution in [-0.4, -0.2) is 10.9 Å². The normalized spacial score (nSPS) is 16.1. The van der Waals surface area contributed by atoms with Crippen LogP contribution in [0.15, 0.2) is 18.2 Å². The van der Waals surface area contributed by atoms with Gasteiger partial charge in [-0.2, -0.15) is 0 Å². The molecule has 1 aromatic rings. The molecule has 1 saturated carbocycles. The fourth-order valence-electron chi connectivity index (χ4n) is 2.32. The Morgan fingerprint density at radius 3 is 2.88 bits per heavy atom. The number of hydrogen-bond acceptors (Lipinski definition) is 2. The lowest BCUT2D eigenvalue weighted by molar-refractivity contribution is -0.116. The van der Waals surface area contributed by atoms with Crippen LogP contribution < -0.4 is 5.32 Å². The molecule has 92 valence electrons. The zero-order valence-electron chi connectivity index (χ0n) is 9.79. The predicted octanol–water partition coefficient (Wildman–Crippen LogP) is 3.64. The summed E-state index contributed by atoms with van der Waals surface area (Å²) in [6, 6.07) is 5.22. The zero-order chi connectivity index (χ0) is 12.1. The topological polar surface area (TPSA) is 42.0 Å². The van der Waals surface area contributed by atoms with Gasteiger partial charge in [-0.25, -0.2) is 4.98 Å². The Kier molecular flexibility index (Phi) is 4.37.